The first kappa shape index (κ1) is 15.2. The summed E-state index contributed by atoms with van der Waals surface area (Å²) in [6.07, 6.45) is 1.45. The van der Waals surface area contributed by atoms with Crippen molar-refractivity contribution < 1.29 is 22.6 Å². The highest BCUT2D eigenvalue weighted by atomic mass is 32.2. The minimum Gasteiger partial charge on any atom is -0.486 e. The number of fused-ring (bicyclic) bond motifs is 1. The molecule has 0 atom stereocenters. The van der Waals surface area contributed by atoms with E-state index in [2.05, 4.69) is 4.98 Å². The summed E-state index contributed by atoms with van der Waals surface area (Å²) in [6, 6.07) is 10.0. The van der Waals surface area contributed by atoms with Crippen molar-refractivity contribution >= 4 is 10.0 Å². The van der Waals surface area contributed by atoms with Gasteiger partial charge in [-0.05, 0) is 18.2 Å². The zero-order valence-corrected chi connectivity index (χ0v) is 13.6. The van der Waals surface area contributed by atoms with Crippen LogP contribution >= 0.6 is 0 Å². The molecule has 7 nitrogen and oxygen atoms in total. The summed E-state index contributed by atoms with van der Waals surface area (Å²) in [5, 5.41) is 0. The van der Waals surface area contributed by atoms with Crippen LogP contribution in [0.4, 0.5) is 0 Å². The molecule has 3 heterocycles. The van der Waals surface area contributed by atoms with Crippen LogP contribution in [0.15, 0.2) is 47.5 Å². The van der Waals surface area contributed by atoms with E-state index in [9.17, 15) is 8.42 Å². The van der Waals surface area contributed by atoms with Crippen LogP contribution < -0.4 is 14.2 Å². The van der Waals surface area contributed by atoms with E-state index in [0.717, 1.165) is 0 Å². The van der Waals surface area contributed by atoms with Crippen LogP contribution in [0.1, 0.15) is 0 Å². The molecule has 2 aliphatic rings. The lowest BCUT2D eigenvalue weighted by molar-refractivity contribution is 0.0720. The molecule has 2 aromatic rings. The molecule has 1 aromatic carbocycles. The second-order valence-electron chi connectivity index (χ2n) is 5.54. The summed E-state index contributed by atoms with van der Waals surface area (Å²) in [6.45, 7) is 1.48. The third-order valence-corrected chi connectivity index (χ3v) is 5.72. The summed E-state index contributed by atoms with van der Waals surface area (Å²) < 4.78 is 43.2. The molecule has 1 saturated heterocycles. The Kier molecular flexibility index (Phi) is 3.78. The van der Waals surface area contributed by atoms with E-state index in [1.807, 2.05) is 6.07 Å². The van der Waals surface area contributed by atoms with Crippen molar-refractivity contribution in [2.24, 2.45) is 0 Å². The van der Waals surface area contributed by atoms with E-state index in [1.54, 1.807) is 24.4 Å². The van der Waals surface area contributed by atoms with E-state index in [-0.39, 0.29) is 11.0 Å². The van der Waals surface area contributed by atoms with Gasteiger partial charge >= 0.3 is 0 Å². The summed E-state index contributed by atoms with van der Waals surface area (Å²) in [4.78, 5) is 4.27. The molecule has 8 heteroatoms. The number of aromatic nitrogens is 1. The quantitative estimate of drug-likeness (QED) is 0.829. The van der Waals surface area contributed by atoms with Crippen molar-refractivity contribution in [2.75, 3.05) is 26.3 Å². The van der Waals surface area contributed by atoms with Crippen LogP contribution in [0.3, 0.4) is 0 Å². The Bertz CT molecular complexity index is 835. The second kappa shape index (κ2) is 5.95. The number of benzene rings is 1. The Balaban J connectivity index is 1.45. The minimum absolute atomic E-state index is 0.188. The molecule has 2 aliphatic heterocycles. The highest BCUT2D eigenvalue weighted by molar-refractivity contribution is 7.89. The van der Waals surface area contributed by atoms with Gasteiger partial charge in [0.2, 0.25) is 15.9 Å². The van der Waals surface area contributed by atoms with Gasteiger partial charge in [0.15, 0.2) is 11.5 Å². The molecule has 24 heavy (non-hydrogen) atoms. The fourth-order valence-corrected chi connectivity index (χ4v) is 4.11. The molecule has 1 fully saturated rings. The molecular weight excluding hydrogens is 332 g/mol. The van der Waals surface area contributed by atoms with Crippen molar-refractivity contribution in [3.8, 4) is 17.4 Å². The monoisotopic (exact) mass is 348 g/mol. The number of nitrogens with zero attached hydrogens (tertiary/aromatic N) is 2. The Labute approximate surface area is 139 Å². The smallest absolute Gasteiger partial charge is 0.243 e. The van der Waals surface area contributed by atoms with Crippen molar-refractivity contribution in [3.63, 3.8) is 0 Å². The number of hydrogen-bond donors (Lipinski definition) is 0. The van der Waals surface area contributed by atoms with E-state index in [0.29, 0.717) is 43.7 Å². The molecule has 0 saturated carbocycles. The number of pyridine rings is 1. The third kappa shape index (κ3) is 2.78. The van der Waals surface area contributed by atoms with Gasteiger partial charge in [0.25, 0.3) is 0 Å². The SMILES string of the molecule is O=S(=O)(c1ccc2c(c1)OCCO2)N1CC(Oc2ccccn2)C1. The first-order chi connectivity index (χ1) is 11.6. The van der Waals surface area contributed by atoms with E-state index >= 15 is 0 Å². The molecule has 4 rings (SSSR count). The Hall–Kier alpha value is -2.32. The summed E-state index contributed by atoms with van der Waals surface area (Å²) in [7, 11) is -3.56. The van der Waals surface area contributed by atoms with Gasteiger partial charge in [-0.1, -0.05) is 6.07 Å². The lowest BCUT2D eigenvalue weighted by Crippen LogP contribution is -2.56. The molecule has 0 spiro atoms. The Morgan fingerprint density at radius 2 is 1.88 bits per heavy atom. The number of hydrogen-bond acceptors (Lipinski definition) is 6. The van der Waals surface area contributed by atoms with Crippen molar-refractivity contribution in [2.45, 2.75) is 11.0 Å². The average Bonchev–Trinajstić information content (AvgIpc) is 2.58. The van der Waals surface area contributed by atoms with Crippen LogP contribution in [0.5, 0.6) is 17.4 Å². The minimum atomic E-state index is -3.56. The molecule has 0 N–H and O–H groups in total. The van der Waals surface area contributed by atoms with Crippen LogP contribution in [0.2, 0.25) is 0 Å². The highest BCUT2D eigenvalue weighted by Gasteiger charge is 2.38. The van der Waals surface area contributed by atoms with Crippen LogP contribution in [0, 0.1) is 0 Å². The predicted octanol–water partition coefficient (Wildman–Crippen LogP) is 1.30. The summed E-state index contributed by atoms with van der Waals surface area (Å²) in [5.41, 5.74) is 0. The molecule has 0 amide bonds. The van der Waals surface area contributed by atoms with Gasteiger partial charge in [-0.15, -0.1) is 0 Å². The van der Waals surface area contributed by atoms with Gasteiger partial charge < -0.3 is 14.2 Å². The maximum Gasteiger partial charge on any atom is 0.243 e. The maximum absolute atomic E-state index is 12.7. The van der Waals surface area contributed by atoms with Crippen LogP contribution in [-0.4, -0.2) is 50.1 Å². The van der Waals surface area contributed by atoms with E-state index in [4.69, 9.17) is 14.2 Å². The third-order valence-electron chi connectivity index (χ3n) is 3.89. The van der Waals surface area contributed by atoms with Gasteiger partial charge in [-0.2, -0.15) is 4.31 Å². The van der Waals surface area contributed by atoms with Crippen LogP contribution in [-0.2, 0) is 10.0 Å². The van der Waals surface area contributed by atoms with E-state index < -0.39 is 10.0 Å². The first-order valence-corrected chi connectivity index (χ1v) is 9.04. The lowest BCUT2D eigenvalue weighted by Gasteiger charge is -2.37. The fraction of sp³-hybridized carbons (Fsp3) is 0.312. The predicted molar refractivity (Wildman–Crippen MR) is 84.8 cm³/mol. The zero-order chi connectivity index (χ0) is 16.6. The second-order valence-corrected chi connectivity index (χ2v) is 7.47. The van der Waals surface area contributed by atoms with Gasteiger partial charge in [0.1, 0.15) is 19.3 Å². The van der Waals surface area contributed by atoms with Gasteiger partial charge in [0.05, 0.1) is 18.0 Å². The van der Waals surface area contributed by atoms with Crippen molar-refractivity contribution in [3.05, 3.63) is 42.6 Å². The standard InChI is InChI=1S/C16H16N2O5S/c19-24(20,13-4-5-14-15(9-13)22-8-7-21-14)18-10-12(11-18)23-16-3-1-2-6-17-16/h1-6,9,12H,7-8,10-11H2. The van der Waals surface area contributed by atoms with Gasteiger partial charge in [-0.3, -0.25) is 0 Å². The van der Waals surface area contributed by atoms with E-state index in [1.165, 1.54) is 16.4 Å². The molecule has 126 valence electrons. The van der Waals surface area contributed by atoms with Gasteiger partial charge in [-0.25, -0.2) is 13.4 Å². The fourth-order valence-electron chi connectivity index (χ4n) is 2.59. The highest BCUT2D eigenvalue weighted by Crippen LogP contribution is 2.34. The van der Waals surface area contributed by atoms with Crippen molar-refractivity contribution in [1.29, 1.82) is 0 Å². The topological polar surface area (TPSA) is 78.0 Å². The molecule has 1 aromatic heterocycles. The maximum atomic E-state index is 12.7. The lowest BCUT2D eigenvalue weighted by atomic mass is 10.2. The van der Waals surface area contributed by atoms with Gasteiger partial charge in [0, 0.05) is 18.3 Å². The number of ether oxygens (including phenoxy) is 3. The first-order valence-electron chi connectivity index (χ1n) is 7.60. The number of sulfonamides is 1. The zero-order valence-electron chi connectivity index (χ0n) is 12.8. The molecule has 0 aliphatic carbocycles. The average molecular weight is 348 g/mol. The summed E-state index contributed by atoms with van der Waals surface area (Å²) in [5.74, 6) is 1.53. The Morgan fingerprint density at radius 1 is 1.08 bits per heavy atom. The molecule has 0 radical (unpaired) electrons. The normalized spacial score (nSPS) is 18.0. The largest absolute Gasteiger partial charge is 0.486 e. The number of rotatable bonds is 4. The molecule has 0 unspecified atom stereocenters. The molecule has 0 bridgehead atoms. The van der Waals surface area contributed by atoms with Crippen LogP contribution in [0.25, 0.3) is 0 Å². The molecular formula is C16H16N2O5S. The summed E-state index contributed by atoms with van der Waals surface area (Å²) >= 11 is 0. The van der Waals surface area contributed by atoms with Crippen molar-refractivity contribution in [1.82, 2.24) is 9.29 Å². The Morgan fingerprint density at radius 3 is 2.62 bits per heavy atom.